The van der Waals surface area contributed by atoms with Gasteiger partial charge in [0.1, 0.15) is 0 Å². The van der Waals surface area contributed by atoms with Crippen molar-refractivity contribution >= 4 is 15.7 Å². The van der Waals surface area contributed by atoms with E-state index in [0.717, 1.165) is 11.1 Å². The third-order valence-electron chi connectivity index (χ3n) is 3.26. The number of nitrogens with two attached hydrogens (primary N) is 1. The van der Waals surface area contributed by atoms with Crippen LogP contribution in [0, 0.1) is 0 Å². The first-order valence-electron chi connectivity index (χ1n) is 6.65. The summed E-state index contributed by atoms with van der Waals surface area (Å²) in [7, 11) is -1.69. The van der Waals surface area contributed by atoms with Gasteiger partial charge in [-0.2, -0.15) is 0 Å². The molecule has 0 saturated heterocycles. The molecule has 0 aliphatic rings. The van der Waals surface area contributed by atoms with Crippen LogP contribution in [-0.4, -0.2) is 30.5 Å². The molecule has 1 aromatic heterocycles. The van der Waals surface area contributed by atoms with Crippen LogP contribution in [0.3, 0.4) is 0 Å². The van der Waals surface area contributed by atoms with E-state index in [2.05, 4.69) is 4.98 Å². The molecule has 0 radical (unpaired) electrons. The SMILES string of the molecule is CN(Cc1ccc(N)cc1)S(=O)(=O)CCc1ccncc1. The molecule has 1 heterocycles. The van der Waals surface area contributed by atoms with Crippen molar-refractivity contribution in [3.8, 4) is 0 Å². The van der Waals surface area contributed by atoms with Crippen molar-refractivity contribution in [2.45, 2.75) is 13.0 Å². The second kappa shape index (κ2) is 6.69. The zero-order valence-electron chi connectivity index (χ0n) is 11.9. The average Bonchev–Trinajstić information content (AvgIpc) is 2.48. The number of hydrogen-bond acceptors (Lipinski definition) is 4. The highest BCUT2D eigenvalue weighted by Gasteiger charge is 2.17. The van der Waals surface area contributed by atoms with Crippen LogP contribution in [0.2, 0.25) is 0 Å². The summed E-state index contributed by atoms with van der Waals surface area (Å²) in [6, 6.07) is 10.9. The van der Waals surface area contributed by atoms with Gasteiger partial charge < -0.3 is 5.73 Å². The average molecular weight is 305 g/mol. The van der Waals surface area contributed by atoms with Crippen LogP contribution in [0.4, 0.5) is 5.69 Å². The first-order chi connectivity index (χ1) is 9.97. The van der Waals surface area contributed by atoms with E-state index >= 15 is 0 Å². The topological polar surface area (TPSA) is 76.3 Å². The second-order valence-corrected chi connectivity index (χ2v) is 7.11. The number of nitrogen functional groups attached to an aromatic ring is 1. The van der Waals surface area contributed by atoms with Crippen LogP contribution in [0.15, 0.2) is 48.8 Å². The highest BCUT2D eigenvalue weighted by atomic mass is 32.2. The maximum Gasteiger partial charge on any atom is 0.214 e. The highest BCUT2D eigenvalue weighted by molar-refractivity contribution is 7.89. The molecule has 0 saturated carbocycles. The van der Waals surface area contributed by atoms with Crippen LogP contribution < -0.4 is 5.73 Å². The lowest BCUT2D eigenvalue weighted by Crippen LogP contribution is -2.29. The van der Waals surface area contributed by atoms with Crippen LogP contribution in [0.1, 0.15) is 11.1 Å². The molecule has 0 bridgehead atoms. The van der Waals surface area contributed by atoms with Gasteiger partial charge in [-0.15, -0.1) is 0 Å². The van der Waals surface area contributed by atoms with Crippen LogP contribution in [-0.2, 0) is 23.0 Å². The number of sulfonamides is 1. The maximum absolute atomic E-state index is 12.3. The largest absolute Gasteiger partial charge is 0.399 e. The molecule has 0 atom stereocenters. The summed E-state index contributed by atoms with van der Waals surface area (Å²) in [6.07, 6.45) is 3.82. The van der Waals surface area contributed by atoms with Crippen molar-refractivity contribution < 1.29 is 8.42 Å². The minimum atomic E-state index is -3.29. The lowest BCUT2D eigenvalue weighted by molar-refractivity contribution is 0.466. The molecular formula is C15H19N3O2S. The summed E-state index contributed by atoms with van der Waals surface area (Å²) in [5.74, 6) is 0.0858. The maximum atomic E-state index is 12.3. The molecule has 0 unspecified atom stereocenters. The number of hydrogen-bond donors (Lipinski definition) is 1. The van der Waals surface area contributed by atoms with Crippen molar-refractivity contribution in [1.29, 1.82) is 0 Å². The van der Waals surface area contributed by atoms with Gasteiger partial charge in [0, 0.05) is 31.7 Å². The third-order valence-corrected chi connectivity index (χ3v) is 5.06. The molecule has 6 heteroatoms. The van der Waals surface area contributed by atoms with Crippen molar-refractivity contribution in [3.63, 3.8) is 0 Å². The van der Waals surface area contributed by atoms with E-state index in [1.807, 2.05) is 24.3 Å². The van der Waals surface area contributed by atoms with E-state index in [9.17, 15) is 8.42 Å². The molecule has 112 valence electrons. The van der Waals surface area contributed by atoms with E-state index in [1.54, 1.807) is 31.6 Å². The Balaban J connectivity index is 1.96. The van der Waals surface area contributed by atoms with Gasteiger partial charge in [0.2, 0.25) is 10.0 Å². The quantitative estimate of drug-likeness (QED) is 0.824. The van der Waals surface area contributed by atoms with E-state index in [0.29, 0.717) is 18.7 Å². The molecular weight excluding hydrogens is 286 g/mol. The van der Waals surface area contributed by atoms with Gasteiger partial charge in [0.05, 0.1) is 5.75 Å². The van der Waals surface area contributed by atoms with Gasteiger partial charge in [-0.1, -0.05) is 12.1 Å². The van der Waals surface area contributed by atoms with Crippen molar-refractivity contribution in [2.75, 3.05) is 18.5 Å². The van der Waals surface area contributed by atoms with Crippen LogP contribution in [0.25, 0.3) is 0 Å². The van der Waals surface area contributed by atoms with Gasteiger partial charge in [0.15, 0.2) is 0 Å². The first kappa shape index (κ1) is 15.5. The Hall–Kier alpha value is -1.92. The van der Waals surface area contributed by atoms with Crippen LogP contribution >= 0.6 is 0 Å². The lowest BCUT2D eigenvalue weighted by atomic mass is 10.2. The Bertz CT molecular complexity index is 670. The summed E-state index contributed by atoms with van der Waals surface area (Å²) < 4.78 is 25.9. The summed E-state index contributed by atoms with van der Waals surface area (Å²) >= 11 is 0. The number of aromatic nitrogens is 1. The highest BCUT2D eigenvalue weighted by Crippen LogP contribution is 2.11. The number of rotatable bonds is 6. The molecule has 0 spiro atoms. The van der Waals surface area contributed by atoms with Crippen molar-refractivity contribution in [1.82, 2.24) is 9.29 Å². The molecule has 5 nitrogen and oxygen atoms in total. The van der Waals surface area contributed by atoms with E-state index in [-0.39, 0.29) is 5.75 Å². The normalized spacial score (nSPS) is 11.7. The predicted octanol–water partition coefficient (Wildman–Crippen LogP) is 1.67. The van der Waals surface area contributed by atoms with Crippen LogP contribution in [0.5, 0.6) is 0 Å². The lowest BCUT2D eigenvalue weighted by Gasteiger charge is -2.17. The Morgan fingerprint density at radius 3 is 2.29 bits per heavy atom. The number of benzene rings is 1. The molecule has 21 heavy (non-hydrogen) atoms. The van der Waals surface area contributed by atoms with Crippen molar-refractivity contribution in [3.05, 3.63) is 59.9 Å². The zero-order valence-corrected chi connectivity index (χ0v) is 12.8. The Kier molecular flexibility index (Phi) is 4.93. The molecule has 0 aliphatic heterocycles. The Morgan fingerprint density at radius 1 is 1.05 bits per heavy atom. The molecule has 0 fully saturated rings. The van der Waals surface area contributed by atoms with Crippen molar-refractivity contribution in [2.24, 2.45) is 0 Å². The summed E-state index contributed by atoms with van der Waals surface area (Å²) in [6.45, 7) is 0.346. The molecule has 0 amide bonds. The van der Waals surface area contributed by atoms with E-state index < -0.39 is 10.0 Å². The number of aryl methyl sites for hydroxylation is 1. The van der Waals surface area contributed by atoms with Gasteiger partial charge in [0.25, 0.3) is 0 Å². The van der Waals surface area contributed by atoms with Gasteiger partial charge >= 0.3 is 0 Å². The smallest absolute Gasteiger partial charge is 0.214 e. The second-order valence-electron chi connectivity index (χ2n) is 4.92. The predicted molar refractivity (Wildman–Crippen MR) is 84.0 cm³/mol. The van der Waals surface area contributed by atoms with Gasteiger partial charge in [-0.05, 0) is 41.8 Å². The fourth-order valence-corrected chi connectivity index (χ4v) is 3.08. The zero-order chi connectivity index (χ0) is 15.3. The first-order valence-corrected chi connectivity index (χ1v) is 8.25. The Morgan fingerprint density at radius 2 is 1.67 bits per heavy atom. The number of pyridine rings is 1. The minimum Gasteiger partial charge on any atom is -0.399 e. The number of anilines is 1. The van der Waals surface area contributed by atoms with E-state index in [4.69, 9.17) is 5.73 Å². The monoisotopic (exact) mass is 305 g/mol. The molecule has 2 N–H and O–H groups in total. The Labute approximate surface area is 125 Å². The number of nitrogens with zero attached hydrogens (tertiary/aromatic N) is 2. The third kappa shape index (κ3) is 4.54. The molecule has 0 aliphatic carbocycles. The molecule has 2 rings (SSSR count). The fourth-order valence-electron chi connectivity index (χ4n) is 1.93. The van der Waals surface area contributed by atoms with Gasteiger partial charge in [-0.25, -0.2) is 12.7 Å². The standard InChI is InChI=1S/C15H19N3O2S/c1-18(12-14-2-4-15(16)5-3-14)21(19,20)11-8-13-6-9-17-10-7-13/h2-7,9-10H,8,11-12,16H2,1H3. The van der Waals surface area contributed by atoms with E-state index in [1.165, 1.54) is 4.31 Å². The molecule has 2 aromatic rings. The van der Waals surface area contributed by atoms with Gasteiger partial charge in [-0.3, -0.25) is 4.98 Å². The summed E-state index contributed by atoms with van der Waals surface area (Å²) in [4.78, 5) is 3.92. The summed E-state index contributed by atoms with van der Waals surface area (Å²) in [5.41, 5.74) is 8.17. The fraction of sp³-hybridized carbons (Fsp3) is 0.267. The summed E-state index contributed by atoms with van der Waals surface area (Å²) in [5, 5.41) is 0. The molecule has 1 aromatic carbocycles. The minimum absolute atomic E-state index is 0.0858.